The first kappa shape index (κ1) is 29.0. The lowest BCUT2D eigenvalue weighted by Crippen LogP contribution is -2.27. The number of allylic oxidation sites excluding steroid dienone is 2. The Morgan fingerprint density at radius 3 is 2.65 bits per heavy atom. The van der Waals surface area contributed by atoms with E-state index in [0.717, 1.165) is 18.5 Å². The van der Waals surface area contributed by atoms with Crippen molar-refractivity contribution >= 4 is 32.5 Å². The first-order valence-corrected chi connectivity index (χ1v) is 16.8. The largest absolute Gasteiger partial charge is 0.370 e. The van der Waals surface area contributed by atoms with E-state index in [1.54, 1.807) is 16.6 Å². The zero-order valence-corrected chi connectivity index (χ0v) is 25.6. The molecule has 0 spiro atoms. The number of hydrogen-bond acceptors (Lipinski definition) is 6. The fraction of sp³-hybridized carbons (Fsp3) is 0.364. The summed E-state index contributed by atoms with van der Waals surface area (Å²) in [6, 6.07) is 16.8. The van der Waals surface area contributed by atoms with Crippen LogP contribution in [0.3, 0.4) is 0 Å². The normalized spacial score (nSPS) is 18.7. The van der Waals surface area contributed by atoms with Crippen LogP contribution in [0.5, 0.6) is 0 Å². The number of nitrogens with zero attached hydrogens (tertiary/aromatic N) is 4. The lowest BCUT2D eigenvalue weighted by atomic mass is 9.98. The molecule has 2 N–H and O–H groups in total. The van der Waals surface area contributed by atoms with Gasteiger partial charge >= 0.3 is 0 Å². The number of benzene rings is 2. The van der Waals surface area contributed by atoms with E-state index in [1.807, 2.05) is 36.1 Å². The van der Waals surface area contributed by atoms with E-state index in [4.69, 9.17) is 9.88 Å². The van der Waals surface area contributed by atoms with E-state index in [0.29, 0.717) is 66.7 Å². The lowest BCUT2D eigenvalue weighted by molar-refractivity contribution is 0.0949. The van der Waals surface area contributed by atoms with Gasteiger partial charge in [-0.1, -0.05) is 30.3 Å². The van der Waals surface area contributed by atoms with Crippen molar-refractivity contribution in [2.24, 2.45) is 0 Å². The Morgan fingerprint density at radius 2 is 1.95 bits per heavy atom. The number of nitrogens with one attached hydrogen (secondary N) is 2. The van der Waals surface area contributed by atoms with Gasteiger partial charge in [-0.15, -0.1) is 0 Å². The molecule has 3 heterocycles. The maximum absolute atomic E-state index is 15.5. The standard InChI is InChI=1S/C33H37FN6O2S/c1-4-21(2)26-8-6-5-7-22(26)13-15-36-33(41)30-18-31(23-9-10-23)40-32(37-30)19-29(38-40)27-12-11-24(17-28(27)34)39-16-14-25(20-39)43(3,35)42/h4-8,11-12,17-19,23,25,35H,9-10,13-16,20H2,1-3H3,(H,36,41)/b21-4-/t25-,43?/m1/s1. The molecule has 1 aliphatic carbocycles. The van der Waals surface area contributed by atoms with Crippen molar-refractivity contribution in [2.75, 3.05) is 30.8 Å². The topological polar surface area (TPSA) is 103 Å². The summed E-state index contributed by atoms with van der Waals surface area (Å²) < 4.78 is 37.3. The van der Waals surface area contributed by atoms with Gasteiger partial charge in [0.25, 0.3) is 5.91 Å². The number of rotatable bonds is 9. The van der Waals surface area contributed by atoms with Crippen molar-refractivity contribution in [3.8, 4) is 11.3 Å². The Morgan fingerprint density at radius 1 is 1.16 bits per heavy atom. The highest BCUT2D eigenvalue weighted by atomic mass is 32.2. The third kappa shape index (κ3) is 6.06. The number of halogens is 1. The molecule has 1 saturated heterocycles. The molecular formula is C33H37FN6O2S. The second-order valence-corrected chi connectivity index (χ2v) is 14.2. The van der Waals surface area contributed by atoms with Crippen molar-refractivity contribution in [3.63, 3.8) is 0 Å². The van der Waals surface area contributed by atoms with Gasteiger partial charge in [0.15, 0.2) is 5.65 Å². The van der Waals surface area contributed by atoms with Crippen LogP contribution in [0.4, 0.5) is 10.1 Å². The number of amides is 1. The number of carbonyl (C=O) groups is 1. The summed E-state index contributed by atoms with van der Waals surface area (Å²) in [6.07, 6.45) is 6.94. The van der Waals surface area contributed by atoms with E-state index >= 15 is 4.39 Å². The summed E-state index contributed by atoms with van der Waals surface area (Å²) >= 11 is 0. The molecule has 4 aromatic rings. The summed E-state index contributed by atoms with van der Waals surface area (Å²) in [5, 5.41) is 7.53. The minimum atomic E-state index is -2.65. The molecule has 1 unspecified atom stereocenters. The van der Waals surface area contributed by atoms with Crippen molar-refractivity contribution in [2.45, 2.75) is 50.7 Å². The molecule has 2 fully saturated rings. The predicted molar refractivity (Wildman–Crippen MR) is 170 cm³/mol. The molecular weight excluding hydrogens is 563 g/mol. The summed E-state index contributed by atoms with van der Waals surface area (Å²) in [7, 11) is -2.65. The molecule has 1 aliphatic heterocycles. The smallest absolute Gasteiger partial charge is 0.270 e. The molecule has 6 rings (SSSR count). The fourth-order valence-corrected chi connectivity index (χ4v) is 6.85. The zero-order valence-electron chi connectivity index (χ0n) is 24.8. The molecule has 224 valence electrons. The number of fused-ring (bicyclic) bond motifs is 1. The van der Waals surface area contributed by atoms with E-state index in [2.05, 4.69) is 35.4 Å². The molecule has 2 aromatic heterocycles. The van der Waals surface area contributed by atoms with Gasteiger partial charge in [-0.3, -0.25) is 9.57 Å². The van der Waals surface area contributed by atoms with E-state index in [1.165, 1.54) is 29.0 Å². The maximum atomic E-state index is 15.5. The molecule has 8 nitrogen and oxygen atoms in total. The highest BCUT2D eigenvalue weighted by Gasteiger charge is 2.30. The van der Waals surface area contributed by atoms with Gasteiger partial charge in [-0.25, -0.2) is 18.1 Å². The lowest BCUT2D eigenvalue weighted by Gasteiger charge is -2.19. The molecule has 0 radical (unpaired) electrons. The number of hydrogen-bond donors (Lipinski definition) is 2. The summed E-state index contributed by atoms with van der Waals surface area (Å²) in [4.78, 5) is 19.8. The molecule has 1 amide bonds. The van der Waals surface area contributed by atoms with Crippen LogP contribution in [0, 0.1) is 10.6 Å². The Kier molecular flexibility index (Phi) is 7.81. The quantitative estimate of drug-likeness (QED) is 0.243. The molecule has 2 atom stereocenters. The van der Waals surface area contributed by atoms with Crippen LogP contribution in [0.15, 0.2) is 60.7 Å². The second kappa shape index (κ2) is 11.6. The van der Waals surface area contributed by atoms with Gasteiger partial charge in [-0.2, -0.15) is 5.10 Å². The van der Waals surface area contributed by atoms with Crippen LogP contribution in [0.2, 0.25) is 0 Å². The Bertz CT molecular complexity index is 1840. The minimum Gasteiger partial charge on any atom is -0.370 e. The number of carbonyl (C=O) groups excluding carboxylic acids is 1. The molecule has 10 heteroatoms. The van der Waals surface area contributed by atoms with Crippen molar-refractivity contribution < 1.29 is 13.4 Å². The number of aromatic nitrogens is 3. The average molecular weight is 601 g/mol. The summed E-state index contributed by atoms with van der Waals surface area (Å²) in [5.41, 5.74) is 6.84. The highest BCUT2D eigenvalue weighted by molar-refractivity contribution is 7.92. The second-order valence-electron chi connectivity index (χ2n) is 11.7. The highest BCUT2D eigenvalue weighted by Crippen LogP contribution is 2.40. The first-order valence-electron chi connectivity index (χ1n) is 14.8. The molecule has 2 aliphatic rings. The minimum absolute atomic E-state index is 0.217. The molecule has 0 bridgehead atoms. The summed E-state index contributed by atoms with van der Waals surface area (Å²) in [6.45, 7) is 5.71. The zero-order chi connectivity index (χ0) is 30.3. The predicted octanol–water partition coefficient (Wildman–Crippen LogP) is 6.06. The van der Waals surface area contributed by atoms with Crippen LogP contribution < -0.4 is 10.2 Å². The van der Waals surface area contributed by atoms with Crippen molar-refractivity contribution in [1.29, 1.82) is 4.78 Å². The Hall–Kier alpha value is -4.05. The Labute approximate surface area is 252 Å². The maximum Gasteiger partial charge on any atom is 0.270 e. The van der Waals surface area contributed by atoms with Gasteiger partial charge < -0.3 is 10.2 Å². The SMILES string of the molecule is C/C=C(/C)c1ccccc1CCNC(=O)c1cc(C2CC2)n2nc(-c3ccc(N4CC[C@@H](S(C)(=N)=O)C4)cc3F)cc2n1. The Balaban J connectivity index is 1.22. The fourth-order valence-electron chi connectivity index (χ4n) is 5.83. The van der Waals surface area contributed by atoms with Crippen LogP contribution in [-0.4, -0.2) is 55.9 Å². The van der Waals surface area contributed by atoms with Gasteiger partial charge in [0.1, 0.15) is 11.5 Å². The first-order chi connectivity index (χ1) is 20.6. The third-order valence-corrected chi connectivity index (χ3v) is 10.3. The third-order valence-electron chi connectivity index (χ3n) is 8.61. The van der Waals surface area contributed by atoms with Gasteiger partial charge in [-0.05, 0) is 80.5 Å². The van der Waals surface area contributed by atoms with Crippen LogP contribution >= 0.6 is 0 Å². The van der Waals surface area contributed by atoms with Gasteiger partial charge in [0, 0.05) is 64.5 Å². The van der Waals surface area contributed by atoms with E-state index < -0.39 is 15.5 Å². The monoisotopic (exact) mass is 600 g/mol. The van der Waals surface area contributed by atoms with Gasteiger partial charge in [0.2, 0.25) is 0 Å². The molecule has 2 aromatic carbocycles. The molecule has 43 heavy (non-hydrogen) atoms. The van der Waals surface area contributed by atoms with Crippen LogP contribution in [0.25, 0.3) is 22.5 Å². The van der Waals surface area contributed by atoms with Gasteiger partial charge in [0.05, 0.1) is 10.9 Å². The van der Waals surface area contributed by atoms with Crippen LogP contribution in [-0.2, 0) is 16.1 Å². The number of anilines is 1. The van der Waals surface area contributed by atoms with Crippen molar-refractivity contribution in [1.82, 2.24) is 19.9 Å². The van der Waals surface area contributed by atoms with E-state index in [-0.39, 0.29) is 11.2 Å². The van der Waals surface area contributed by atoms with Crippen molar-refractivity contribution in [3.05, 3.63) is 89.0 Å². The summed E-state index contributed by atoms with van der Waals surface area (Å²) in [5.74, 6) is -0.357. The van der Waals surface area contributed by atoms with Crippen LogP contribution in [0.1, 0.15) is 66.3 Å². The molecule has 1 saturated carbocycles. The van der Waals surface area contributed by atoms with E-state index in [9.17, 15) is 9.00 Å². The average Bonchev–Trinajstić information content (AvgIpc) is 3.53.